The molecular formula is C22H20N4O2S2. The van der Waals surface area contributed by atoms with Gasteiger partial charge in [0.15, 0.2) is 5.17 Å². The maximum absolute atomic E-state index is 12.8. The van der Waals surface area contributed by atoms with E-state index in [-0.39, 0.29) is 18.2 Å². The van der Waals surface area contributed by atoms with Crippen LogP contribution in [0.2, 0.25) is 0 Å². The maximum atomic E-state index is 12.8. The molecule has 2 amide bonds. The van der Waals surface area contributed by atoms with Gasteiger partial charge in [-0.3, -0.25) is 14.5 Å². The van der Waals surface area contributed by atoms with Crippen LogP contribution >= 0.6 is 23.1 Å². The average Bonchev–Trinajstić information content (AvgIpc) is 3.34. The van der Waals surface area contributed by atoms with Crippen LogP contribution in [-0.4, -0.2) is 38.7 Å². The van der Waals surface area contributed by atoms with Crippen LogP contribution in [0.1, 0.15) is 13.3 Å². The van der Waals surface area contributed by atoms with E-state index in [0.29, 0.717) is 16.8 Å². The highest BCUT2D eigenvalue weighted by Gasteiger charge is 2.38. The zero-order valence-electron chi connectivity index (χ0n) is 16.3. The van der Waals surface area contributed by atoms with Gasteiger partial charge < -0.3 is 5.32 Å². The lowest BCUT2D eigenvalue weighted by atomic mass is 10.2. The number of nitrogens with zero attached hydrogens (tertiary/aromatic N) is 3. The number of carbonyl (C=O) groups excluding carboxylic acids is 2. The van der Waals surface area contributed by atoms with Gasteiger partial charge in [0.1, 0.15) is 5.25 Å². The van der Waals surface area contributed by atoms with Crippen molar-refractivity contribution in [1.82, 2.24) is 9.88 Å². The summed E-state index contributed by atoms with van der Waals surface area (Å²) in [6.07, 6.45) is 0.0983. The molecule has 2 aromatic carbocycles. The second-order valence-electron chi connectivity index (χ2n) is 6.58. The highest BCUT2D eigenvalue weighted by molar-refractivity contribution is 8.15. The van der Waals surface area contributed by atoms with E-state index in [1.54, 1.807) is 4.90 Å². The van der Waals surface area contributed by atoms with Crippen molar-refractivity contribution in [2.24, 2.45) is 4.99 Å². The van der Waals surface area contributed by atoms with Crippen molar-refractivity contribution in [2.45, 2.75) is 18.6 Å². The average molecular weight is 437 g/mol. The second kappa shape index (κ2) is 9.23. The molecule has 3 aromatic rings. The van der Waals surface area contributed by atoms with Gasteiger partial charge in [0.2, 0.25) is 16.9 Å². The van der Waals surface area contributed by atoms with Gasteiger partial charge in [-0.15, -0.1) is 11.3 Å². The number of anilines is 1. The first-order valence-electron chi connectivity index (χ1n) is 9.56. The minimum atomic E-state index is -0.485. The number of hydrogen-bond donors (Lipinski definition) is 1. The quantitative estimate of drug-likeness (QED) is 0.603. The van der Waals surface area contributed by atoms with Gasteiger partial charge in [-0.25, -0.2) is 4.98 Å². The van der Waals surface area contributed by atoms with E-state index in [0.717, 1.165) is 16.9 Å². The Morgan fingerprint density at radius 1 is 1.13 bits per heavy atom. The molecule has 30 heavy (non-hydrogen) atoms. The number of para-hydroxylation sites is 1. The summed E-state index contributed by atoms with van der Waals surface area (Å²) >= 11 is 2.76. The standard InChI is InChI=1S/C22H20N4O2S2/c1-2-26-20(28)18(13-19(27)23-16-11-7-4-8-12-16)30-22(26)25-21-24-17(14-29-21)15-9-5-3-6-10-15/h3-12,14,18H,2,13H2,1H3,(H,23,27)/b25-22+. The van der Waals surface area contributed by atoms with Crippen LogP contribution in [0.3, 0.4) is 0 Å². The van der Waals surface area contributed by atoms with Gasteiger partial charge in [0.05, 0.1) is 5.69 Å². The third-order valence-electron chi connectivity index (χ3n) is 4.52. The van der Waals surface area contributed by atoms with Crippen LogP contribution in [0.15, 0.2) is 71.0 Å². The van der Waals surface area contributed by atoms with Crippen LogP contribution in [0.25, 0.3) is 11.3 Å². The number of rotatable bonds is 6. The van der Waals surface area contributed by atoms with Crippen molar-refractivity contribution in [2.75, 3.05) is 11.9 Å². The van der Waals surface area contributed by atoms with Crippen LogP contribution in [-0.2, 0) is 9.59 Å². The number of hydrogen-bond acceptors (Lipinski definition) is 6. The van der Waals surface area contributed by atoms with E-state index >= 15 is 0 Å². The van der Waals surface area contributed by atoms with Crippen molar-refractivity contribution in [3.8, 4) is 11.3 Å². The highest BCUT2D eigenvalue weighted by atomic mass is 32.2. The fraction of sp³-hybridized carbons (Fsp3) is 0.182. The number of benzene rings is 2. The summed E-state index contributed by atoms with van der Waals surface area (Å²) in [5.74, 6) is -0.283. The van der Waals surface area contributed by atoms with Gasteiger partial charge >= 0.3 is 0 Å². The lowest BCUT2D eigenvalue weighted by Gasteiger charge is -2.12. The SMILES string of the molecule is CCN1C(=O)C(CC(=O)Nc2ccccc2)S/C1=N/c1nc(-c2ccccc2)cs1. The zero-order chi connectivity index (χ0) is 20.9. The molecule has 4 rings (SSSR count). The Hall–Kier alpha value is -2.97. The number of aromatic nitrogens is 1. The summed E-state index contributed by atoms with van der Waals surface area (Å²) in [6.45, 7) is 2.40. The van der Waals surface area contributed by atoms with Gasteiger partial charge in [-0.1, -0.05) is 60.3 Å². The minimum Gasteiger partial charge on any atom is -0.326 e. The smallest absolute Gasteiger partial charge is 0.242 e. The largest absolute Gasteiger partial charge is 0.326 e. The fourth-order valence-electron chi connectivity index (χ4n) is 3.06. The number of aliphatic imine (C=N–C) groups is 1. The third-order valence-corrected chi connectivity index (χ3v) is 6.43. The lowest BCUT2D eigenvalue weighted by Crippen LogP contribution is -2.33. The molecule has 152 valence electrons. The van der Waals surface area contributed by atoms with E-state index in [1.165, 1.54) is 23.1 Å². The zero-order valence-corrected chi connectivity index (χ0v) is 18.0. The number of carbonyl (C=O) groups is 2. The summed E-state index contributed by atoms with van der Waals surface area (Å²) in [5, 5.41) is 5.49. The predicted octanol–water partition coefficient (Wildman–Crippen LogP) is 4.79. The van der Waals surface area contributed by atoms with Gasteiger partial charge in [0.25, 0.3) is 0 Å². The molecular weight excluding hydrogens is 416 g/mol. The molecule has 1 aromatic heterocycles. The van der Waals surface area contributed by atoms with Crippen molar-refractivity contribution >= 4 is 50.9 Å². The molecule has 1 aliphatic heterocycles. The first-order valence-corrected chi connectivity index (χ1v) is 11.3. The molecule has 1 N–H and O–H groups in total. The monoisotopic (exact) mass is 436 g/mol. The molecule has 1 saturated heterocycles. The molecule has 1 aliphatic rings. The molecule has 1 fully saturated rings. The summed E-state index contributed by atoms with van der Waals surface area (Å²) < 4.78 is 0. The molecule has 0 spiro atoms. The van der Waals surface area contributed by atoms with Crippen molar-refractivity contribution in [3.63, 3.8) is 0 Å². The van der Waals surface area contributed by atoms with Crippen LogP contribution in [0.4, 0.5) is 10.8 Å². The molecule has 2 heterocycles. The molecule has 1 atom stereocenters. The summed E-state index contributed by atoms with van der Waals surface area (Å²) in [4.78, 5) is 36.0. The number of thiazole rings is 1. The van der Waals surface area contributed by atoms with Crippen molar-refractivity contribution < 1.29 is 9.59 Å². The topological polar surface area (TPSA) is 74.7 Å². The first-order chi connectivity index (χ1) is 14.6. The van der Waals surface area contributed by atoms with Crippen LogP contribution in [0.5, 0.6) is 0 Å². The van der Waals surface area contributed by atoms with E-state index < -0.39 is 5.25 Å². The number of amidine groups is 1. The Kier molecular flexibility index (Phi) is 6.25. The fourth-order valence-corrected chi connectivity index (χ4v) is 5.01. The van der Waals surface area contributed by atoms with E-state index in [4.69, 9.17) is 0 Å². The molecule has 6 nitrogen and oxygen atoms in total. The number of thioether (sulfide) groups is 1. The Labute approximate surface area is 183 Å². The molecule has 0 aliphatic carbocycles. The van der Waals surface area contributed by atoms with Crippen LogP contribution in [0, 0.1) is 0 Å². The summed E-state index contributed by atoms with van der Waals surface area (Å²) in [5.41, 5.74) is 2.60. The Morgan fingerprint density at radius 2 is 1.83 bits per heavy atom. The van der Waals surface area contributed by atoms with E-state index in [9.17, 15) is 9.59 Å². The molecule has 0 radical (unpaired) electrons. The third kappa shape index (κ3) is 4.60. The van der Waals surface area contributed by atoms with Crippen molar-refractivity contribution in [1.29, 1.82) is 0 Å². The summed E-state index contributed by atoms with van der Waals surface area (Å²) in [6, 6.07) is 19.1. The number of amides is 2. The van der Waals surface area contributed by atoms with Gasteiger partial charge in [-0.05, 0) is 19.1 Å². The van der Waals surface area contributed by atoms with E-state index in [1.807, 2.05) is 73.0 Å². The highest BCUT2D eigenvalue weighted by Crippen LogP contribution is 2.33. The van der Waals surface area contributed by atoms with Gasteiger partial charge in [-0.2, -0.15) is 4.99 Å². The Balaban J connectivity index is 1.47. The Morgan fingerprint density at radius 3 is 2.53 bits per heavy atom. The molecule has 1 unspecified atom stereocenters. The molecule has 0 saturated carbocycles. The summed E-state index contributed by atoms with van der Waals surface area (Å²) in [7, 11) is 0. The molecule has 8 heteroatoms. The predicted molar refractivity (Wildman–Crippen MR) is 123 cm³/mol. The lowest BCUT2D eigenvalue weighted by molar-refractivity contribution is -0.128. The first kappa shape index (κ1) is 20.3. The van der Waals surface area contributed by atoms with Crippen molar-refractivity contribution in [3.05, 3.63) is 66.0 Å². The normalized spacial score (nSPS) is 17.5. The minimum absolute atomic E-state index is 0.0932. The number of nitrogens with one attached hydrogen (secondary N) is 1. The molecule has 0 bridgehead atoms. The maximum Gasteiger partial charge on any atom is 0.242 e. The van der Waals surface area contributed by atoms with Gasteiger partial charge in [0, 0.05) is 29.6 Å². The Bertz CT molecular complexity index is 1070. The second-order valence-corrected chi connectivity index (χ2v) is 8.59. The van der Waals surface area contributed by atoms with E-state index in [2.05, 4.69) is 15.3 Å². The van der Waals surface area contributed by atoms with Crippen LogP contribution < -0.4 is 5.32 Å².